The molecular weight excluding hydrogens is 509 g/mol. The summed E-state index contributed by atoms with van der Waals surface area (Å²) < 4.78 is 11.9. The first-order chi connectivity index (χ1) is 17.3. The van der Waals surface area contributed by atoms with E-state index in [0.29, 0.717) is 27.2 Å². The highest BCUT2D eigenvalue weighted by Crippen LogP contribution is 2.31. The van der Waals surface area contributed by atoms with Gasteiger partial charge in [0.2, 0.25) is 0 Å². The number of carbonyl (C=O) groups is 2. The molecule has 1 amide bonds. The quantitative estimate of drug-likeness (QED) is 0.242. The number of carboxylic acids is 1. The maximum Gasteiger partial charge on any atom is 0.328 e. The first kappa shape index (κ1) is 25.3. The predicted octanol–water partition coefficient (Wildman–Crippen LogP) is 4.20. The number of hydrogen-bond acceptors (Lipinski definition) is 6. The number of halogens is 2. The van der Waals surface area contributed by atoms with Gasteiger partial charge < -0.3 is 30.0 Å². The summed E-state index contributed by atoms with van der Waals surface area (Å²) in [4.78, 5) is 31.4. The Kier molecular flexibility index (Phi) is 7.94. The zero-order valence-electron chi connectivity index (χ0n) is 18.7. The number of amides is 1. The molecule has 3 aromatic carbocycles. The van der Waals surface area contributed by atoms with Crippen molar-refractivity contribution in [3.8, 4) is 11.5 Å². The Balaban J connectivity index is 1.57. The Bertz CT molecular complexity index is 1370. The van der Waals surface area contributed by atoms with Gasteiger partial charge in [-0.05, 0) is 42.5 Å². The second kappa shape index (κ2) is 11.3. The number of nitrogens with zero attached hydrogens (tertiary/aromatic N) is 1. The molecule has 4 N–H and O–H groups in total. The van der Waals surface area contributed by atoms with Crippen LogP contribution in [0.3, 0.4) is 0 Å². The third-order valence-corrected chi connectivity index (χ3v) is 5.78. The first-order valence-corrected chi connectivity index (χ1v) is 11.5. The molecule has 11 heteroatoms. The SMILES string of the molecule is O=C(NC(CO)C(=O)O)c1ccc(OCc2ccc(Cl)cc2Cl)c(OCc2nc3ccccc3[nH]2)c1. The van der Waals surface area contributed by atoms with Crippen LogP contribution in [0, 0.1) is 0 Å². The van der Waals surface area contributed by atoms with E-state index in [2.05, 4.69) is 15.3 Å². The van der Waals surface area contributed by atoms with Gasteiger partial charge in [-0.15, -0.1) is 0 Å². The van der Waals surface area contributed by atoms with Gasteiger partial charge in [0.1, 0.15) is 19.0 Å². The molecule has 1 unspecified atom stereocenters. The van der Waals surface area contributed by atoms with E-state index >= 15 is 0 Å². The number of aromatic nitrogens is 2. The van der Waals surface area contributed by atoms with E-state index in [4.69, 9.17) is 37.8 Å². The molecule has 186 valence electrons. The number of aliphatic hydroxyl groups excluding tert-OH is 1. The highest BCUT2D eigenvalue weighted by Gasteiger charge is 2.21. The van der Waals surface area contributed by atoms with Crippen LogP contribution in [0.1, 0.15) is 21.7 Å². The monoisotopic (exact) mass is 529 g/mol. The minimum Gasteiger partial charge on any atom is -0.485 e. The highest BCUT2D eigenvalue weighted by atomic mass is 35.5. The van der Waals surface area contributed by atoms with Crippen molar-refractivity contribution in [2.75, 3.05) is 6.61 Å². The Morgan fingerprint density at radius 3 is 2.50 bits per heavy atom. The van der Waals surface area contributed by atoms with Crippen molar-refractivity contribution in [2.24, 2.45) is 0 Å². The molecule has 0 saturated heterocycles. The smallest absolute Gasteiger partial charge is 0.328 e. The van der Waals surface area contributed by atoms with Crippen LogP contribution in [0.15, 0.2) is 60.7 Å². The number of hydrogen-bond donors (Lipinski definition) is 4. The van der Waals surface area contributed by atoms with Crippen molar-refractivity contribution in [2.45, 2.75) is 19.3 Å². The first-order valence-electron chi connectivity index (χ1n) is 10.8. The summed E-state index contributed by atoms with van der Waals surface area (Å²) in [5.41, 5.74) is 2.44. The number of imidazole rings is 1. The van der Waals surface area contributed by atoms with Gasteiger partial charge in [0.15, 0.2) is 17.5 Å². The van der Waals surface area contributed by atoms with Crippen LogP contribution in [0.2, 0.25) is 10.0 Å². The van der Waals surface area contributed by atoms with Crippen LogP contribution in [0.25, 0.3) is 11.0 Å². The third kappa shape index (κ3) is 6.06. The summed E-state index contributed by atoms with van der Waals surface area (Å²) in [6.07, 6.45) is 0. The number of aliphatic carboxylic acids is 1. The molecule has 0 aliphatic carbocycles. The minimum atomic E-state index is -1.44. The van der Waals surface area contributed by atoms with Crippen molar-refractivity contribution in [3.63, 3.8) is 0 Å². The second-order valence-electron chi connectivity index (χ2n) is 7.72. The standard InChI is InChI=1S/C25H21Cl2N3O6/c26-16-7-5-15(17(27)10-16)12-35-21-8-6-14(24(32)30-20(11-31)25(33)34)9-22(21)36-13-23-28-18-3-1-2-4-19(18)29-23/h1-10,20,31H,11-13H2,(H,28,29)(H,30,32)(H,33,34). The van der Waals surface area contributed by atoms with Gasteiger partial charge in [0.05, 0.1) is 17.6 Å². The average Bonchev–Trinajstić information content (AvgIpc) is 3.28. The number of aliphatic hydroxyl groups is 1. The fourth-order valence-corrected chi connectivity index (χ4v) is 3.79. The number of carbonyl (C=O) groups excluding carboxylic acids is 1. The number of fused-ring (bicyclic) bond motifs is 1. The summed E-state index contributed by atoms with van der Waals surface area (Å²) in [5.74, 6) is -0.942. The minimum absolute atomic E-state index is 0.0478. The second-order valence-corrected chi connectivity index (χ2v) is 8.57. The van der Waals surface area contributed by atoms with E-state index in [1.165, 1.54) is 18.2 Å². The van der Waals surface area contributed by atoms with Gasteiger partial charge in [0.25, 0.3) is 5.91 Å². The largest absolute Gasteiger partial charge is 0.485 e. The Morgan fingerprint density at radius 2 is 1.78 bits per heavy atom. The number of aromatic amines is 1. The van der Waals surface area contributed by atoms with E-state index in [1.54, 1.807) is 18.2 Å². The van der Waals surface area contributed by atoms with Crippen molar-refractivity contribution >= 4 is 46.1 Å². The fraction of sp³-hybridized carbons (Fsp3) is 0.160. The maximum absolute atomic E-state index is 12.6. The molecule has 0 aliphatic heterocycles. The van der Waals surface area contributed by atoms with Gasteiger partial charge in [-0.1, -0.05) is 41.4 Å². The van der Waals surface area contributed by atoms with Crippen molar-refractivity contribution < 1.29 is 29.3 Å². The lowest BCUT2D eigenvalue weighted by Crippen LogP contribution is -2.43. The molecule has 4 rings (SSSR count). The number of benzene rings is 3. The molecule has 36 heavy (non-hydrogen) atoms. The number of ether oxygens (including phenoxy) is 2. The van der Waals surface area contributed by atoms with E-state index in [9.17, 15) is 14.7 Å². The molecular formula is C25H21Cl2N3O6. The van der Waals surface area contributed by atoms with Crippen molar-refractivity contribution in [1.29, 1.82) is 0 Å². The molecule has 0 radical (unpaired) electrons. The number of nitrogens with one attached hydrogen (secondary N) is 2. The zero-order valence-corrected chi connectivity index (χ0v) is 20.2. The summed E-state index contributed by atoms with van der Waals surface area (Å²) in [6.45, 7) is -0.597. The van der Waals surface area contributed by atoms with E-state index in [1.807, 2.05) is 24.3 Å². The van der Waals surface area contributed by atoms with Crippen LogP contribution in [0.5, 0.6) is 11.5 Å². The van der Waals surface area contributed by atoms with Gasteiger partial charge in [0, 0.05) is 21.2 Å². The number of para-hydroxylation sites is 2. The van der Waals surface area contributed by atoms with Crippen LogP contribution < -0.4 is 14.8 Å². The topological polar surface area (TPSA) is 134 Å². The molecule has 0 bridgehead atoms. The Labute approximate surface area is 215 Å². The van der Waals surface area contributed by atoms with Gasteiger partial charge in [-0.25, -0.2) is 9.78 Å². The molecule has 0 saturated carbocycles. The number of carboxylic acid groups (broad SMARTS) is 1. The third-order valence-electron chi connectivity index (χ3n) is 5.19. The highest BCUT2D eigenvalue weighted by molar-refractivity contribution is 6.35. The molecule has 1 atom stereocenters. The van der Waals surface area contributed by atoms with Crippen LogP contribution in [-0.2, 0) is 18.0 Å². The van der Waals surface area contributed by atoms with Crippen LogP contribution >= 0.6 is 23.2 Å². The molecule has 0 aliphatic rings. The predicted molar refractivity (Wildman–Crippen MR) is 134 cm³/mol. The molecule has 0 spiro atoms. The number of rotatable bonds is 10. The Hall–Kier alpha value is -3.79. The van der Waals surface area contributed by atoms with Gasteiger partial charge in [-0.2, -0.15) is 0 Å². The van der Waals surface area contributed by atoms with E-state index < -0.39 is 24.5 Å². The van der Waals surface area contributed by atoms with Crippen molar-refractivity contribution in [1.82, 2.24) is 15.3 Å². The maximum atomic E-state index is 12.6. The average molecular weight is 530 g/mol. The van der Waals surface area contributed by atoms with Crippen LogP contribution in [0.4, 0.5) is 0 Å². The van der Waals surface area contributed by atoms with E-state index in [-0.39, 0.29) is 24.5 Å². The lowest BCUT2D eigenvalue weighted by Gasteiger charge is -2.16. The molecule has 1 aromatic heterocycles. The van der Waals surface area contributed by atoms with Crippen molar-refractivity contribution in [3.05, 3.63) is 87.7 Å². The lowest BCUT2D eigenvalue weighted by molar-refractivity contribution is -0.140. The van der Waals surface area contributed by atoms with E-state index in [0.717, 1.165) is 11.0 Å². The van der Waals surface area contributed by atoms with Gasteiger partial charge >= 0.3 is 5.97 Å². The van der Waals surface area contributed by atoms with Crippen LogP contribution in [-0.4, -0.2) is 44.7 Å². The molecule has 1 heterocycles. The summed E-state index contributed by atoms with van der Waals surface area (Å²) in [5, 5.41) is 21.5. The summed E-state index contributed by atoms with van der Waals surface area (Å²) in [6, 6.07) is 15.5. The Morgan fingerprint density at radius 1 is 1.00 bits per heavy atom. The normalized spacial score (nSPS) is 11.8. The number of H-pyrrole nitrogens is 1. The summed E-state index contributed by atoms with van der Waals surface area (Å²) in [7, 11) is 0. The fourth-order valence-electron chi connectivity index (χ4n) is 3.32. The zero-order chi connectivity index (χ0) is 25.7. The lowest BCUT2D eigenvalue weighted by atomic mass is 10.1. The molecule has 0 fully saturated rings. The summed E-state index contributed by atoms with van der Waals surface area (Å²) >= 11 is 12.2. The molecule has 4 aromatic rings. The molecule has 9 nitrogen and oxygen atoms in total. The van der Waals surface area contributed by atoms with Gasteiger partial charge in [-0.3, -0.25) is 4.79 Å².